The molecular formula is C16H17NO5S. The maximum Gasteiger partial charge on any atom is 0.335 e. The Labute approximate surface area is 137 Å². The molecule has 122 valence electrons. The molecule has 2 N–H and O–H groups in total. The van der Waals surface area contributed by atoms with Gasteiger partial charge < -0.3 is 19.9 Å². The van der Waals surface area contributed by atoms with Crippen LogP contribution in [-0.2, 0) is 0 Å². The molecule has 2 rings (SSSR count). The van der Waals surface area contributed by atoms with Gasteiger partial charge in [0.1, 0.15) is 0 Å². The monoisotopic (exact) mass is 335 g/mol. The van der Waals surface area contributed by atoms with E-state index in [-0.39, 0.29) is 28.7 Å². The lowest BCUT2D eigenvalue weighted by molar-refractivity contribution is 0.0696. The molecule has 2 aromatic rings. The van der Waals surface area contributed by atoms with E-state index in [1.165, 1.54) is 37.7 Å². The van der Waals surface area contributed by atoms with Gasteiger partial charge in [-0.05, 0) is 37.6 Å². The summed E-state index contributed by atoms with van der Waals surface area (Å²) in [5.41, 5.74) is 1.28. The summed E-state index contributed by atoms with van der Waals surface area (Å²) >= 11 is 1.38. The number of rotatable bonds is 5. The van der Waals surface area contributed by atoms with Crippen molar-refractivity contribution in [1.82, 2.24) is 0 Å². The molecule has 1 heterocycles. The average molecular weight is 335 g/mol. The van der Waals surface area contributed by atoms with Gasteiger partial charge in [0, 0.05) is 4.88 Å². The van der Waals surface area contributed by atoms with Crippen molar-refractivity contribution < 1.29 is 24.2 Å². The Bertz CT molecular complexity index is 747. The number of hydrogen-bond acceptors (Lipinski definition) is 5. The number of anilines is 1. The van der Waals surface area contributed by atoms with Crippen LogP contribution < -0.4 is 14.8 Å². The van der Waals surface area contributed by atoms with E-state index in [1.54, 1.807) is 6.07 Å². The van der Waals surface area contributed by atoms with Gasteiger partial charge in [-0.3, -0.25) is 4.79 Å². The van der Waals surface area contributed by atoms with Crippen molar-refractivity contribution in [2.75, 3.05) is 19.5 Å². The van der Waals surface area contributed by atoms with Crippen LogP contribution in [0.5, 0.6) is 11.5 Å². The number of carbonyl (C=O) groups excluding carboxylic acids is 1. The molecule has 0 bridgehead atoms. The van der Waals surface area contributed by atoms with Crippen molar-refractivity contribution in [2.24, 2.45) is 0 Å². The molecule has 1 aromatic heterocycles. The largest absolute Gasteiger partial charge is 0.493 e. The smallest absolute Gasteiger partial charge is 0.335 e. The number of methoxy groups -OCH3 is 2. The third-order valence-electron chi connectivity index (χ3n) is 3.36. The van der Waals surface area contributed by atoms with Gasteiger partial charge in [0.05, 0.1) is 30.3 Å². The van der Waals surface area contributed by atoms with Gasteiger partial charge >= 0.3 is 5.97 Å². The molecule has 0 aliphatic carbocycles. The SMILES string of the molecule is COc1cc(C(=O)O)cc(NC(=O)c2cc(C)c(C)s2)c1OC. The zero-order valence-corrected chi connectivity index (χ0v) is 14.0. The molecule has 0 saturated carbocycles. The zero-order valence-electron chi connectivity index (χ0n) is 13.2. The molecule has 0 spiro atoms. The molecule has 0 saturated heterocycles. The van der Waals surface area contributed by atoms with E-state index in [1.807, 2.05) is 13.8 Å². The van der Waals surface area contributed by atoms with Crippen LogP contribution in [0.3, 0.4) is 0 Å². The Morgan fingerprint density at radius 3 is 2.30 bits per heavy atom. The molecule has 23 heavy (non-hydrogen) atoms. The standard InChI is InChI=1S/C16H17NO5S/c1-8-5-13(23-9(8)2)15(18)17-11-6-10(16(19)20)7-12(21-3)14(11)22-4/h5-7H,1-4H3,(H,17,18)(H,19,20). The van der Waals surface area contributed by atoms with Crippen LogP contribution in [0.25, 0.3) is 0 Å². The highest BCUT2D eigenvalue weighted by atomic mass is 32.1. The highest BCUT2D eigenvalue weighted by Crippen LogP contribution is 2.37. The second-order valence-corrected chi connectivity index (χ2v) is 6.12. The quantitative estimate of drug-likeness (QED) is 0.875. The summed E-state index contributed by atoms with van der Waals surface area (Å²) in [6, 6.07) is 4.48. The second-order valence-electron chi connectivity index (χ2n) is 4.87. The van der Waals surface area contributed by atoms with Crippen molar-refractivity contribution in [1.29, 1.82) is 0 Å². The Morgan fingerprint density at radius 1 is 1.13 bits per heavy atom. The van der Waals surface area contributed by atoms with E-state index in [9.17, 15) is 14.7 Å². The number of carboxylic acid groups (broad SMARTS) is 1. The molecule has 1 amide bonds. The molecule has 7 heteroatoms. The molecule has 0 fully saturated rings. The van der Waals surface area contributed by atoms with Crippen LogP contribution in [0.1, 0.15) is 30.5 Å². The maximum atomic E-state index is 12.4. The van der Waals surface area contributed by atoms with Gasteiger partial charge in [0.25, 0.3) is 5.91 Å². The van der Waals surface area contributed by atoms with Gasteiger partial charge in [-0.15, -0.1) is 11.3 Å². The zero-order chi connectivity index (χ0) is 17.1. The summed E-state index contributed by atoms with van der Waals surface area (Å²) in [6.45, 7) is 3.86. The summed E-state index contributed by atoms with van der Waals surface area (Å²) in [5.74, 6) is -0.935. The predicted molar refractivity (Wildman–Crippen MR) is 88.3 cm³/mol. The van der Waals surface area contributed by atoms with E-state index in [2.05, 4.69) is 5.32 Å². The molecule has 1 aromatic carbocycles. The fraction of sp³-hybridized carbons (Fsp3) is 0.250. The van der Waals surface area contributed by atoms with Crippen LogP contribution in [0.4, 0.5) is 5.69 Å². The molecule has 0 aliphatic rings. The first-order valence-corrected chi connectivity index (χ1v) is 7.56. The van der Waals surface area contributed by atoms with Crippen molar-refractivity contribution in [2.45, 2.75) is 13.8 Å². The number of ether oxygens (including phenoxy) is 2. The van der Waals surface area contributed by atoms with Gasteiger partial charge in [-0.25, -0.2) is 4.79 Å². The molecule has 0 unspecified atom stereocenters. The lowest BCUT2D eigenvalue weighted by atomic mass is 10.1. The first-order chi connectivity index (χ1) is 10.9. The van der Waals surface area contributed by atoms with Gasteiger partial charge in [0.15, 0.2) is 11.5 Å². The number of benzene rings is 1. The number of hydrogen-bond donors (Lipinski definition) is 2. The van der Waals surface area contributed by atoms with Gasteiger partial charge in [-0.1, -0.05) is 0 Å². The van der Waals surface area contributed by atoms with E-state index in [0.29, 0.717) is 4.88 Å². The van der Waals surface area contributed by atoms with Crippen LogP contribution in [0.2, 0.25) is 0 Å². The summed E-state index contributed by atoms with van der Waals surface area (Å²) in [7, 11) is 2.83. The second kappa shape index (κ2) is 6.70. The minimum atomic E-state index is -1.12. The number of aromatic carboxylic acids is 1. The number of amides is 1. The minimum absolute atomic E-state index is 0.00325. The molecule has 0 atom stereocenters. The molecule has 0 radical (unpaired) electrons. The van der Waals surface area contributed by atoms with Crippen molar-refractivity contribution in [3.05, 3.63) is 39.1 Å². The summed E-state index contributed by atoms with van der Waals surface area (Å²) in [6.07, 6.45) is 0. The Hall–Kier alpha value is -2.54. The highest BCUT2D eigenvalue weighted by Gasteiger charge is 2.19. The molecule has 0 aliphatic heterocycles. The summed E-state index contributed by atoms with van der Waals surface area (Å²) < 4.78 is 10.4. The lowest BCUT2D eigenvalue weighted by Crippen LogP contribution is -2.12. The maximum absolute atomic E-state index is 12.4. The van der Waals surface area contributed by atoms with E-state index in [0.717, 1.165) is 10.4 Å². The van der Waals surface area contributed by atoms with Crippen molar-refractivity contribution >= 4 is 28.9 Å². The fourth-order valence-electron chi connectivity index (χ4n) is 2.05. The third-order valence-corrected chi connectivity index (χ3v) is 4.52. The van der Waals surface area contributed by atoms with E-state index < -0.39 is 5.97 Å². The number of aryl methyl sites for hydroxylation is 2. The Kier molecular flexibility index (Phi) is 4.90. The average Bonchev–Trinajstić information content (AvgIpc) is 2.85. The van der Waals surface area contributed by atoms with Crippen LogP contribution >= 0.6 is 11.3 Å². The lowest BCUT2D eigenvalue weighted by Gasteiger charge is -2.14. The van der Waals surface area contributed by atoms with Crippen molar-refractivity contribution in [3.8, 4) is 11.5 Å². The summed E-state index contributed by atoms with van der Waals surface area (Å²) in [5, 5.41) is 11.9. The van der Waals surface area contributed by atoms with Crippen LogP contribution in [0.15, 0.2) is 18.2 Å². The molecular weight excluding hydrogens is 318 g/mol. The molecule has 6 nitrogen and oxygen atoms in total. The fourth-order valence-corrected chi connectivity index (χ4v) is 2.98. The van der Waals surface area contributed by atoms with Gasteiger partial charge in [-0.2, -0.15) is 0 Å². The highest BCUT2D eigenvalue weighted by molar-refractivity contribution is 7.14. The number of thiophene rings is 1. The predicted octanol–water partition coefficient (Wildman–Crippen LogP) is 3.33. The number of carbonyl (C=O) groups is 2. The summed E-state index contributed by atoms with van der Waals surface area (Å²) in [4.78, 5) is 25.2. The van der Waals surface area contributed by atoms with Gasteiger partial charge in [0.2, 0.25) is 0 Å². The Balaban J connectivity index is 2.42. The van der Waals surface area contributed by atoms with Crippen LogP contribution in [-0.4, -0.2) is 31.2 Å². The topological polar surface area (TPSA) is 84.9 Å². The van der Waals surface area contributed by atoms with E-state index in [4.69, 9.17) is 9.47 Å². The number of nitrogens with one attached hydrogen (secondary N) is 1. The van der Waals surface area contributed by atoms with Crippen molar-refractivity contribution in [3.63, 3.8) is 0 Å². The Morgan fingerprint density at radius 2 is 1.83 bits per heavy atom. The number of carboxylic acids is 1. The van der Waals surface area contributed by atoms with Crippen LogP contribution in [0, 0.1) is 13.8 Å². The third kappa shape index (κ3) is 3.45. The first kappa shape index (κ1) is 16.8. The minimum Gasteiger partial charge on any atom is -0.493 e. The first-order valence-electron chi connectivity index (χ1n) is 6.75. The van der Waals surface area contributed by atoms with E-state index >= 15 is 0 Å². The normalized spacial score (nSPS) is 10.3.